The van der Waals surface area contributed by atoms with Gasteiger partial charge in [0, 0.05) is 0 Å². The molecule has 2 bridgehead atoms. The van der Waals surface area contributed by atoms with Gasteiger partial charge in [-0.15, -0.1) is 0 Å². The first-order valence-corrected chi connectivity index (χ1v) is 11.1. The molecule has 3 heteroatoms. The largest absolute Gasteiger partial charge is 0.296 e. The summed E-state index contributed by atoms with van der Waals surface area (Å²) < 4.78 is 0. The van der Waals surface area contributed by atoms with Gasteiger partial charge in [-0.2, -0.15) is 0 Å². The third-order valence-electron chi connectivity index (χ3n) is 9.97. The fraction of sp³-hybridized carbons (Fsp3) is 0.917. The van der Waals surface area contributed by atoms with E-state index in [1.54, 1.807) is 0 Å². The van der Waals surface area contributed by atoms with Gasteiger partial charge in [0.1, 0.15) is 0 Å². The molecule has 5 rings (SSSR count). The van der Waals surface area contributed by atoms with E-state index in [0.717, 1.165) is 17.8 Å². The molecule has 1 aliphatic heterocycles. The zero-order valence-corrected chi connectivity index (χ0v) is 18.6. The van der Waals surface area contributed by atoms with E-state index in [1.165, 1.54) is 25.7 Å². The van der Waals surface area contributed by atoms with Crippen molar-refractivity contribution in [3.8, 4) is 0 Å². The number of hydrogen-bond donors (Lipinski definition) is 1. The molecule has 27 heavy (non-hydrogen) atoms. The predicted molar refractivity (Wildman–Crippen MR) is 108 cm³/mol. The van der Waals surface area contributed by atoms with Crippen molar-refractivity contribution in [2.45, 2.75) is 81.1 Å². The highest BCUT2D eigenvalue weighted by Crippen LogP contribution is 2.77. The predicted octanol–water partition coefficient (Wildman–Crippen LogP) is 5.05. The van der Waals surface area contributed by atoms with Crippen molar-refractivity contribution < 1.29 is 9.59 Å². The molecule has 152 valence electrons. The molecule has 3 nitrogen and oxygen atoms in total. The molecular weight excluding hydrogens is 334 g/mol. The van der Waals surface area contributed by atoms with Gasteiger partial charge in [-0.25, -0.2) is 0 Å². The van der Waals surface area contributed by atoms with Crippen LogP contribution in [0.15, 0.2) is 0 Å². The number of amides is 2. The summed E-state index contributed by atoms with van der Waals surface area (Å²) in [6.07, 6.45) is 5.16. The quantitative estimate of drug-likeness (QED) is 0.689. The Bertz CT molecular complexity index is 685. The topological polar surface area (TPSA) is 46.2 Å². The number of carbonyl (C=O) groups excluding carboxylic acids is 2. The number of hydrogen-bond acceptors (Lipinski definition) is 2. The molecule has 4 aliphatic carbocycles. The maximum Gasteiger partial charge on any atom is 0.231 e. The number of nitrogens with one attached hydrogen (secondary N) is 1. The highest BCUT2D eigenvalue weighted by Gasteiger charge is 2.72. The van der Waals surface area contributed by atoms with Crippen LogP contribution < -0.4 is 5.32 Å². The third-order valence-corrected chi connectivity index (χ3v) is 9.97. The first-order chi connectivity index (χ1) is 12.2. The van der Waals surface area contributed by atoms with Crippen molar-refractivity contribution in [1.82, 2.24) is 5.32 Å². The van der Waals surface area contributed by atoms with Crippen molar-refractivity contribution in [2.24, 2.45) is 57.2 Å². The molecular formula is C24H39NO2. The average molecular weight is 374 g/mol. The monoisotopic (exact) mass is 373 g/mol. The van der Waals surface area contributed by atoms with Crippen LogP contribution in [-0.4, -0.2) is 11.8 Å². The molecule has 7 atom stereocenters. The summed E-state index contributed by atoms with van der Waals surface area (Å²) in [6, 6.07) is 0. The summed E-state index contributed by atoms with van der Waals surface area (Å²) in [5.74, 6) is 2.68. The van der Waals surface area contributed by atoms with E-state index in [0.29, 0.717) is 11.3 Å². The number of imide groups is 1. The van der Waals surface area contributed by atoms with Crippen molar-refractivity contribution >= 4 is 11.8 Å². The van der Waals surface area contributed by atoms with E-state index < -0.39 is 0 Å². The van der Waals surface area contributed by atoms with Crippen LogP contribution in [0.5, 0.6) is 0 Å². The number of fused-ring (bicyclic) bond motifs is 3. The van der Waals surface area contributed by atoms with E-state index in [9.17, 15) is 9.59 Å². The summed E-state index contributed by atoms with van der Waals surface area (Å²) in [6.45, 7) is 18.3. The molecule has 5 aliphatic rings. The lowest BCUT2D eigenvalue weighted by Gasteiger charge is -2.54. The van der Waals surface area contributed by atoms with Gasteiger partial charge in [-0.05, 0) is 71.0 Å². The Kier molecular flexibility index (Phi) is 3.88. The molecule has 4 saturated carbocycles. The zero-order valence-electron chi connectivity index (χ0n) is 18.6. The van der Waals surface area contributed by atoms with Crippen molar-refractivity contribution in [3.63, 3.8) is 0 Å². The first kappa shape index (κ1) is 19.5. The van der Waals surface area contributed by atoms with Crippen LogP contribution in [0, 0.1) is 57.2 Å². The maximum atomic E-state index is 13.1. The summed E-state index contributed by atoms with van der Waals surface area (Å²) in [5, 5.41) is 2.70. The Hall–Kier alpha value is -0.860. The van der Waals surface area contributed by atoms with E-state index in [1.807, 2.05) is 0 Å². The Labute approximate surface area is 165 Å². The molecule has 0 spiro atoms. The fourth-order valence-electron chi connectivity index (χ4n) is 8.22. The molecule has 7 unspecified atom stereocenters. The van der Waals surface area contributed by atoms with Gasteiger partial charge in [-0.1, -0.05) is 55.4 Å². The molecule has 1 N–H and O–H groups in total. The molecule has 0 aromatic rings. The Morgan fingerprint density at radius 3 is 2.04 bits per heavy atom. The van der Waals surface area contributed by atoms with Crippen LogP contribution >= 0.6 is 0 Å². The van der Waals surface area contributed by atoms with Crippen molar-refractivity contribution in [2.75, 3.05) is 0 Å². The van der Waals surface area contributed by atoms with Gasteiger partial charge in [0.2, 0.25) is 11.8 Å². The van der Waals surface area contributed by atoms with E-state index in [2.05, 4.69) is 60.7 Å². The minimum absolute atomic E-state index is 0.0310. The third kappa shape index (κ3) is 2.38. The van der Waals surface area contributed by atoms with Crippen molar-refractivity contribution in [3.05, 3.63) is 0 Å². The molecule has 5 fully saturated rings. The van der Waals surface area contributed by atoms with Crippen LogP contribution in [0.3, 0.4) is 0 Å². The van der Waals surface area contributed by atoms with Crippen LogP contribution in [-0.2, 0) is 9.59 Å². The van der Waals surface area contributed by atoms with E-state index in [-0.39, 0.29) is 39.9 Å². The first-order valence-electron chi connectivity index (χ1n) is 11.1. The molecule has 0 aromatic carbocycles. The summed E-state index contributed by atoms with van der Waals surface area (Å²) in [5.41, 5.74) is 0.152. The fourth-order valence-corrected chi connectivity index (χ4v) is 8.22. The Balaban J connectivity index is 1.76. The van der Waals surface area contributed by atoms with Gasteiger partial charge in [-0.3, -0.25) is 14.9 Å². The van der Waals surface area contributed by atoms with Crippen molar-refractivity contribution in [1.29, 1.82) is 0 Å². The summed E-state index contributed by atoms with van der Waals surface area (Å²) >= 11 is 0. The smallest absolute Gasteiger partial charge is 0.231 e. The van der Waals surface area contributed by atoms with Crippen LogP contribution in [0.2, 0.25) is 0 Å². The number of rotatable bonds is 2. The zero-order chi connectivity index (χ0) is 20.2. The SMILES string of the molecule is CC(C)(C)C1C(=O)NC(=O)C1C(C)(C)C1(C)CCC2CCC1C1C2C1(C)C. The highest BCUT2D eigenvalue weighted by atomic mass is 16.2. The minimum Gasteiger partial charge on any atom is -0.296 e. The maximum absolute atomic E-state index is 13.1. The number of carbonyl (C=O) groups is 2. The van der Waals surface area contributed by atoms with Crippen LogP contribution in [0.4, 0.5) is 0 Å². The van der Waals surface area contributed by atoms with E-state index in [4.69, 9.17) is 0 Å². The van der Waals surface area contributed by atoms with Crippen LogP contribution in [0.25, 0.3) is 0 Å². The van der Waals surface area contributed by atoms with Gasteiger partial charge in [0.15, 0.2) is 0 Å². The molecule has 0 radical (unpaired) electrons. The summed E-state index contributed by atoms with van der Waals surface area (Å²) in [7, 11) is 0. The second-order valence-electron chi connectivity index (χ2n) is 12.7. The second kappa shape index (κ2) is 5.39. The Morgan fingerprint density at radius 1 is 0.852 bits per heavy atom. The normalized spacial score (nSPS) is 46.1. The molecule has 0 aromatic heterocycles. The lowest BCUT2D eigenvalue weighted by Crippen LogP contribution is -2.51. The molecule has 1 heterocycles. The average Bonchev–Trinajstić information content (AvgIpc) is 3.06. The second-order valence-corrected chi connectivity index (χ2v) is 12.7. The lowest BCUT2D eigenvalue weighted by molar-refractivity contribution is -0.138. The van der Waals surface area contributed by atoms with Gasteiger partial charge in [0.25, 0.3) is 0 Å². The summed E-state index contributed by atoms with van der Waals surface area (Å²) in [4.78, 5) is 25.8. The molecule has 1 saturated heterocycles. The van der Waals surface area contributed by atoms with Gasteiger partial charge in [0.05, 0.1) is 11.8 Å². The molecule has 2 amide bonds. The Morgan fingerprint density at radius 2 is 1.44 bits per heavy atom. The lowest BCUT2D eigenvalue weighted by atomic mass is 9.49. The standard InChI is InChI=1S/C24H39NO2/c1-21(2,3)17-18(20(27)25-19(17)26)23(6,7)24(8)12-11-13-9-10-14(24)16-15(13)22(16,4)5/h13-18H,9-12H2,1-8H3,(H,25,26,27). The van der Waals surface area contributed by atoms with Gasteiger partial charge < -0.3 is 0 Å². The van der Waals surface area contributed by atoms with E-state index >= 15 is 0 Å². The minimum atomic E-state index is -0.236. The van der Waals surface area contributed by atoms with Gasteiger partial charge >= 0.3 is 0 Å². The van der Waals surface area contributed by atoms with Crippen LogP contribution in [0.1, 0.15) is 81.1 Å². The highest BCUT2D eigenvalue weighted by molar-refractivity contribution is 6.05.